The fourth-order valence-electron chi connectivity index (χ4n) is 5.09. The van der Waals surface area contributed by atoms with Crippen molar-refractivity contribution in [1.82, 2.24) is 4.57 Å². The topological polar surface area (TPSA) is 79.1 Å². The lowest BCUT2D eigenvalue weighted by molar-refractivity contribution is -0.138. The van der Waals surface area contributed by atoms with Crippen LogP contribution in [0.2, 0.25) is 0 Å². The number of ether oxygens (including phenoxy) is 3. The maximum atomic E-state index is 14.1. The normalized spacial score (nSPS) is 14.5. The molecule has 0 radical (unpaired) electrons. The number of thiazole rings is 1. The molecule has 0 saturated heterocycles. The number of carbonyl (C=O) groups excluding carboxylic acids is 1. The molecule has 7 nitrogen and oxygen atoms in total. The van der Waals surface area contributed by atoms with E-state index in [-0.39, 0.29) is 12.2 Å². The maximum absolute atomic E-state index is 14.1. The van der Waals surface area contributed by atoms with Gasteiger partial charge in [0.1, 0.15) is 18.1 Å². The lowest BCUT2D eigenvalue weighted by Gasteiger charge is -2.26. The minimum atomic E-state index is -0.748. The summed E-state index contributed by atoms with van der Waals surface area (Å²) >= 11 is 1.29. The van der Waals surface area contributed by atoms with Crippen molar-refractivity contribution in [3.63, 3.8) is 0 Å². The summed E-state index contributed by atoms with van der Waals surface area (Å²) in [6.07, 6.45) is 1.84. The summed E-state index contributed by atoms with van der Waals surface area (Å²) in [6, 6.07) is 33.7. The molecule has 1 unspecified atom stereocenters. The van der Waals surface area contributed by atoms with Crippen LogP contribution in [-0.4, -0.2) is 24.3 Å². The number of fused-ring (bicyclic) bond motifs is 1. The first-order valence-corrected chi connectivity index (χ1v) is 15.1. The molecule has 8 heteroatoms. The van der Waals surface area contributed by atoms with E-state index in [1.165, 1.54) is 11.3 Å². The maximum Gasteiger partial charge on any atom is 0.338 e. The van der Waals surface area contributed by atoms with E-state index in [1.807, 2.05) is 115 Å². The Morgan fingerprint density at radius 2 is 1.55 bits per heavy atom. The van der Waals surface area contributed by atoms with Gasteiger partial charge in [0.05, 0.1) is 35.6 Å². The Labute approximate surface area is 258 Å². The van der Waals surface area contributed by atoms with Gasteiger partial charge in [-0.2, -0.15) is 0 Å². The molecular weight excluding hydrogens is 572 g/mol. The molecule has 44 heavy (non-hydrogen) atoms. The summed E-state index contributed by atoms with van der Waals surface area (Å²) in [5.41, 5.74) is 3.98. The predicted molar refractivity (Wildman–Crippen MR) is 171 cm³/mol. The Morgan fingerprint density at radius 3 is 2.20 bits per heavy atom. The van der Waals surface area contributed by atoms with Crippen LogP contribution in [0.25, 0.3) is 11.8 Å². The first-order chi connectivity index (χ1) is 21.6. The van der Waals surface area contributed by atoms with Gasteiger partial charge in [-0.25, -0.2) is 9.79 Å². The van der Waals surface area contributed by atoms with Crippen LogP contribution in [0.5, 0.6) is 11.5 Å². The fraction of sp³-hybridized carbons (Fsp3) is 0.139. The van der Waals surface area contributed by atoms with Crippen molar-refractivity contribution in [3.8, 4) is 11.5 Å². The van der Waals surface area contributed by atoms with Crippen molar-refractivity contribution >= 4 is 29.1 Å². The van der Waals surface area contributed by atoms with Crippen molar-refractivity contribution in [1.29, 1.82) is 0 Å². The lowest BCUT2D eigenvalue weighted by atomic mass is 9.93. The zero-order chi connectivity index (χ0) is 30.5. The molecule has 1 aliphatic heterocycles. The van der Waals surface area contributed by atoms with Crippen molar-refractivity contribution in [3.05, 3.63) is 157 Å². The highest BCUT2D eigenvalue weighted by Gasteiger charge is 2.35. The number of nitrogens with zero attached hydrogens (tertiary/aromatic N) is 2. The Hall–Kier alpha value is -5.21. The number of esters is 1. The first kappa shape index (κ1) is 28.9. The Bertz CT molecular complexity index is 1980. The zero-order valence-corrected chi connectivity index (χ0v) is 25.1. The van der Waals surface area contributed by atoms with Crippen LogP contribution >= 0.6 is 11.3 Å². The monoisotopic (exact) mass is 602 g/mol. The summed E-state index contributed by atoms with van der Waals surface area (Å²) in [5.74, 6) is 0.886. The number of hydrogen-bond donors (Lipinski definition) is 0. The van der Waals surface area contributed by atoms with E-state index < -0.39 is 12.0 Å². The molecule has 1 atom stereocenters. The SMILES string of the molecule is CCOC(=O)C1=C(c2ccccc2)N=c2s/c(=C/c3ccc(OCc4ccccc4)cc3)c(=O)n2C1c1ccc(OC)cc1. The molecule has 2 heterocycles. The van der Waals surface area contributed by atoms with E-state index >= 15 is 0 Å². The standard InChI is InChI=1S/C36H30N2O5S/c1-3-42-35(40)31-32(26-12-8-5-9-13-26)37-36-38(33(31)27-16-20-28(41-2)21-17-27)34(39)30(44-36)22-24-14-18-29(19-15-24)43-23-25-10-6-4-7-11-25/h4-22,33H,3,23H2,1-2H3/b30-22+. The average molecular weight is 603 g/mol. The van der Waals surface area contributed by atoms with Gasteiger partial charge in [-0.15, -0.1) is 0 Å². The van der Waals surface area contributed by atoms with Crippen LogP contribution in [0, 0.1) is 0 Å². The van der Waals surface area contributed by atoms with Crippen LogP contribution in [0.4, 0.5) is 0 Å². The Kier molecular flexibility index (Phi) is 8.52. The molecular formula is C36H30N2O5S. The predicted octanol–water partition coefficient (Wildman–Crippen LogP) is 5.52. The van der Waals surface area contributed by atoms with Gasteiger partial charge in [0.15, 0.2) is 4.80 Å². The second-order valence-corrected chi connectivity index (χ2v) is 11.1. The van der Waals surface area contributed by atoms with Gasteiger partial charge in [0.2, 0.25) is 0 Å². The molecule has 5 aromatic rings. The van der Waals surface area contributed by atoms with Gasteiger partial charge in [0, 0.05) is 5.56 Å². The van der Waals surface area contributed by atoms with Crippen molar-refractivity contribution < 1.29 is 19.0 Å². The Morgan fingerprint density at radius 1 is 0.886 bits per heavy atom. The van der Waals surface area contributed by atoms with E-state index in [9.17, 15) is 9.59 Å². The Balaban J connectivity index is 1.45. The van der Waals surface area contributed by atoms with E-state index in [0.717, 1.165) is 28.0 Å². The molecule has 1 aromatic heterocycles. The first-order valence-electron chi connectivity index (χ1n) is 14.2. The van der Waals surface area contributed by atoms with Crippen LogP contribution in [0.3, 0.4) is 0 Å². The lowest BCUT2D eigenvalue weighted by Crippen LogP contribution is -2.40. The van der Waals surface area contributed by atoms with Gasteiger partial charge in [-0.3, -0.25) is 9.36 Å². The highest BCUT2D eigenvalue weighted by atomic mass is 32.1. The second kappa shape index (κ2) is 13.0. The smallest absolute Gasteiger partial charge is 0.338 e. The van der Waals surface area contributed by atoms with E-state index in [0.29, 0.717) is 33.0 Å². The van der Waals surface area contributed by atoms with E-state index in [2.05, 4.69) is 0 Å². The molecule has 0 N–H and O–H groups in total. The van der Waals surface area contributed by atoms with Crippen LogP contribution in [0.15, 0.2) is 125 Å². The van der Waals surface area contributed by atoms with Gasteiger partial charge in [-0.1, -0.05) is 96.3 Å². The van der Waals surface area contributed by atoms with Crippen molar-refractivity contribution in [2.45, 2.75) is 19.6 Å². The highest BCUT2D eigenvalue weighted by Crippen LogP contribution is 2.35. The minimum absolute atomic E-state index is 0.190. The summed E-state index contributed by atoms with van der Waals surface area (Å²) < 4.78 is 18.9. The second-order valence-electron chi connectivity index (χ2n) is 10.0. The van der Waals surface area contributed by atoms with Crippen LogP contribution in [0.1, 0.15) is 35.2 Å². The van der Waals surface area contributed by atoms with Gasteiger partial charge < -0.3 is 14.2 Å². The quantitative estimate of drug-likeness (QED) is 0.208. The number of methoxy groups -OCH3 is 1. The van der Waals surface area contributed by atoms with Crippen LogP contribution in [-0.2, 0) is 16.1 Å². The summed E-state index contributed by atoms with van der Waals surface area (Å²) in [7, 11) is 1.59. The molecule has 4 aromatic carbocycles. The van der Waals surface area contributed by atoms with Gasteiger partial charge in [0.25, 0.3) is 5.56 Å². The molecule has 220 valence electrons. The fourth-order valence-corrected chi connectivity index (χ4v) is 6.10. The molecule has 1 aliphatic rings. The van der Waals surface area contributed by atoms with Crippen LogP contribution < -0.4 is 24.4 Å². The van der Waals surface area contributed by atoms with Crippen molar-refractivity contribution in [2.75, 3.05) is 13.7 Å². The van der Waals surface area contributed by atoms with Gasteiger partial charge >= 0.3 is 5.97 Å². The number of benzene rings is 4. The number of hydrogen-bond acceptors (Lipinski definition) is 7. The highest BCUT2D eigenvalue weighted by molar-refractivity contribution is 7.07. The molecule has 0 spiro atoms. The molecule has 0 fully saturated rings. The number of rotatable bonds is 9. The minimum Gasteiger partial charge on any atom is -0.497 e. The summed E-state index contributed by atoms with van der Waals surface area (Å²) in [4.78, 5) is 33.1. The zero-order valence-electron chi connectivity index (χ0n) is 24.3. The third kappa shape index (κ3) is 5.98. The van der Waals surface area contributed by atoms with Gasteiger partial charge in [-0.05, 0) is 54.0 Å². The van der Waals surface area contributed by atoms with E-state index in [4.69, 9.17) is 19.2 Å². The molecule has 6 rings (SSSR count). The van der Waals surface area contributed by atoms with E-state index in [1.54, 1.807) is 18.6 Å². The molecule has 0 amide bonds. The number of carbonyl (C=O) groups is 1. The molecule has 0 saturated carbocycles. The summed E-state index contributed by atoms with van der Waals surface area (Å²) in [6.45, 7) is 2.42. The summed E-state index contributed by atoms with van der Waals surface area (Å²) in [5, 5.41) is 0. The molecule has 0 bridgehead atoms. The average Bonchev–Trinajstić information content (AvgIpc) is 3.38. The van der Waals surface area contributed by atoms with Crippen molar-refractivity contribution in [2.24, 2.45) is 4.99 Å². The molecule has 0 aliphatic carbocycles. The largest absolute Gasteiger partial charge is 0.497 e. The third-order valence-corrected chi connectivity index (χ3v) is 8.21. The third-order valence-electron chi connectivity index (χ3n) is 7.23. The number of aromatic nitrogens is 1.